The van der Waals surface area contributed by atoms with Crippen LogP contribution in [0.5, 0.6) is 11.5 Å². The van der Waals surface area contributed by atoms with E-state index in [0.717, 1.165) is 17.5 Å². The summed E-state index contributed by atoms with van der Waals surface area (Å²) in [4.78, 5) is 10.0. The lowest BCUT2D eigenvalue weighted by atomic mass is 10.2. The van der Waals surface area contributed by atoms with E-state index in [1.807, 2.05) is 6.92 Å². The maximum Gasteiger partial charge on any atom is 0.269 e. The van der Waals surface area contributed by atoms with Crippen LogP contribution in [0.3, 0.4) is 0 Å². The molecule has 0 aliphatic rings. The number of rotatable bonds is 8. The molecule has 0 bridgehead atoms. The highest BCUT2D eigenvalue weighted by atomic mass is 32.2. The lowest BCUT2D eigenvalue weighted by molar-refractivity contribution is -0.384. The van der Waals surface area contributed by atoms with Gasteiger partial charge in [-0.1, -0.05) is 12.0 Å². The summed E-state index contributed by atoms with van der Waals surface area (Å²) in [5, 5.41) is 11.7. The number of hydrogen-bond acceptors (Lipinski definition) is 6. The summed E-state index contributed by atoms with van der Waals surface area (Å²) in [5.74, 6) is 3.27. The number of sulfone groups is 1. The van der Waals surface area contributed by atoms with Gasteiger partial charge in [0.25, 0.3) is 5.69 Å². The molecule has 0 aliphatic carbocycles. The second kappa shape index (κ2) is 8.87. The number of hydrogen-bond donors (Lipinski definition) is 0. The van der Waals surface area contributed by atoms with Gasteiger partial charge in [0.15, 0.2) is 21.3 Å². The summed E-state index contributed by atoms with van der Waals surface area (Å²) < 4.78 is 35.6. The third-order valence-electron chi connectivity index (χ3n) is 3.39. The number of terminal acetylenes is 1. The molecule has 0 fully saturated rings. The van der Waals surface area contributed by atoms with E-state index in [1.54, 1.807) is 18.2 Å². The van der Waals surface area contributed by atoms with Crippen molar-refractivity contribution in [1.82, 2.24) is 0 Å². The first-order valence-corrected chi connectivity index (χ1v) is 9.42. The average Bonchev–Trinajstić information content (AvgIpc) is 2.66. The van der Waals surface area contributed by atoms with Gasteiger partial charge in [-0.25, -0.2) is 8.42 Å². The first-order chi connectivity index (χ1) is 12.9. The largest absolute Gasteiger partial charge is 0.490 e. The SMILES string of the molecule is C#CCOc1ccc(/C=C/S(=O)(=O)c2ccc([N+](=O)[O-])cc2)cc1OCC. The highest BCUT2D eigenvalue weighted by Crippen LogP contribution is 2.29. The Morgan fingerprint density at radius 2 is 1.85 bits per heavy atom. The normalized spacial score (nSPS) is 11.1. The maximum absolute atomic E-state index is 12.4. The summed E-state index contributed by atoms with van der Waals surface area (Å²) in [6.07, 6.45) is 6.58. The fraction of sp³-hybridized carbons (Fsp3) is 0.158. The van der Waals surface area contributed by atoms with Crippen molar-refractivity contribution in [3.8, 4) is 23.8 Å². The molecule has 0 N–H and O–H groups in total. The van der Waals surface area contributed by atoms with Crippen LogP contribution in [0.1, 0.15) is 12.5 Å². The molecule has 8 heteroatoms. The number of nitro benzene ring substituents is 1. The zero-order valence-corrected chi connectivity index (χ0v) is 15.3. The van der Waals surface area contributed by atoms with E-state index in [-0.39, 0.29) is 17.2 Å². The predicted octanol–water partition coefficient (Wildman–Crippen LogP) is 3.45. The average molecular weight is 387 g/mol. The topological polar surface area (TPSA) is 95.7 Å². The van der Waals surface area contributed by atoms with Gasteiger partial charge in [-0.3, -0.25) is 10.1 Å². The third-order valence-corrected chi connectivity index (χ3v) is 4.82. The van der Waals surface area contributed by atoms with Crippen molar-refractivity contribution >= 4 is 21.6 Å². The van der Waals surface area contributed by atoms with E-state index in [4.69, 9.17) is 15.9 Å². The van der Waals surface area contributed by atoms with Crippen LogP contribution in [0.2, 0.25) is 0 Å². The monoisotopic (exact) mass is 387 g/mol. The summed E-state index contributed by atoms with van der Waals surface area (Å²) in [5.41, 5.74) is 0.402. The molecular weight excluding hydrogens is 370 g/mol. The van der Waals surface area contributed by atoms with Crippen LogP contribution in [-0.4, -0.2) is 26.6 Å². The van der Waals surface area contributed by atoms with Crippen molar-refractivity contribution in [3.05, 3.63) is 63.6 Å². The third kappa shape index (κ3) is 5.33. The van der Waals surface area contributed by atoms with Crippen molar-refractivity contribution in [2.75, 3.05) is 13.2 Å². The van der Waals surface area contributed by atoms with Crippen LogP contribution in [0.15, 0.2) is 52.8 Å². The molecule has 0 saturated carbocycles. The Bertz CT molecular complexity index is 988. The quantitative estimate of drug-likeness (QED) is 0.391. The molecule has 0 heterocycles. The number of benzene rings is 2. The van der Waals surface area contributed by atoms with Crippen LogP contribution < -0.4 is 9.47 Å². The molecule has 140 valence electrons. The molecule has 0 amide bonds. The molecule has 0 aromatic heterocycles. The summed E-state index contributed by atoms with van der Waals surface area (Å²) in [6.45, 7) is 2.30. The molecule has 0 aliphatic heterocycles. The Hall–Kier alpha value is -3.31. The number of nitro groups is 1. The zero-order valence-electron chi connectivity index (χ0n) is 14.5. The molecule has 0 saturated heterocycles. The second-order valence-electron chi connectivity index (χ2n) is 5.23. The summed E-state index contributed by atoms with van der Waals surface area (Å²) in [7, 11) is -3.75. The van der Waals surface area contributed by atoms with Crippen molar-refractivity contribution in [2.24, 2.45) is 0 Å². The van der Waals surface area contributed by atoms with E-state index in [2.05, 4.69) is 5.92 Å². The Labute approximate surface area is 157 Å². The minimum atomic E-state index is -3.75. The molecule has 2 aromatic rings. The minimum Gasteiger partial charge on any atom is -0.490 e. The van der Waals surface area contributed by atoms with Crippen LogP contribution in [0.25, 0.3) is 6.08 Å². The first kappa shape index (κ1) is 20.0. The van der Waals surface area contributed by atoms with E-state index >= 15 is 0 Å². The van der Waals surface area contributed by atoms with Gasteiger partial charge < -0.3 is 9.47 Å². The molecule has 0 spiro atoms. The van der Waals surface area contributed by atoms with E-state index in [0.29, 0.717) is 23.7 Å². The fourth-order valence-corrected chi connectivity index (χ4v) is 3.15. The van der Waals surface area contributed by atoms with Crippen LogP contribution in [-0.2, 0) is 9.84 Å². The van der Waals surface area contributed by atoms with Gasteiger partial charge in [0, 0.05) is 17.5 Å². The van der Waals surface area contributed by atoms with Crippen molar-refractivity contribution < 1.29 is 22.8 Å². The fourth-order valence-electron chi connectivity index (χ4n) is 2.14. The Balaban J connectivity index is 2.26. The molecule has 7 nitrogen and oxygen atoms in total. The van der Waals surface area contributed by atoms with E-state index in [1.165, 1.54) is 18.2 Å². The van der Waals surface area contributed by atoms with Gasteiger partial charge in [-0.05, 0) is 42.8 Å². The molecular formula is C19H17NO6S. The highest BCUT2D eigenvalue weighted by Gasteiger charge is 2.13. The molecule has 2 aromatic carbocycles. The predicted molar refractivity (Wildman–Crippen MR) is 101 cm³/mol. The molecule has 2 rings (SSSR count). The molecule has 27 heavy (non-hydrogen) atoms. The minimum absolute atomic E-state index is 0.0386. The summed E-state index contributed by atoms with van der Waals surface area (Å²) >= 11 is 0. The number of ether oxygens (including phenoxy) is 2. The van der Waals surface area contributed by atoms with E-state index in [9.17, 15) is 18.5 Å². The van der Waals surface area contributed by atoms with Crippen molar-refractivity contribution in [1.29, 1.82) is 0 Å². The Morgan fingerprint density at radius 3 is 2.44 bits per heavy atom. The van der Waals surface area contributed by atoms with Crippen molar-refractivity contribution in [2.45, 2.75) is 11.8 Å². The lowest BCUT2D eigenvalue weighted by Crippen LogP contribution is -1.99. The maximum atomic E-state index is 12.4. The molecule has 0 atom stereocenters. The highest BCUT2D eigenvalue weighted by molar-refractivity contribution is 7.94. The van der Waals surface area contributed by atoms with E-state index < -0.39 is 14.8 Å². The summed E-state index contributed by atoms with van der Waals surface area (Å²) in [6, 6.07) is 9.62. The zero-order chi connectivity index (χ0) is 19.9. The Morgan fingerprint density at radius 1 is 1.15 bits per heavy atom. The molecule has 0 radical (unpaired) electrons. The van der Waals surface area contributed by atoms with Crippen LogP contribution >= 0.6 is 0 Å². The number of nitrogens with zero attached hydrogens (tertiary/aromatic N) is 1. The van der Waals surface area contributed by atoms with Gasteiger partial charge in [0.1, 0.15) is 6.61 Å². The van der Waals surface area contributed by atoms with Gasteiger partial charge in [-0.2, -0.15) is 0 Å². The Kier molecular flexibility index (Phi) is 6.57. The van der Waals surface area contributed by atoms with Crippen molar-refractivity contribution in [3.63, 3.8) is 0 Å². The van der Waals surface area contributed by atoms with Gasteiger partial charge in [-0.15, -0.1) is 6.42 Å². The lowest BCUT2D eigenvalue weighted by Gasteiger charge is -2.11. The molecule has 0 unspecified atom stereocenters. The van der Waals surface area contributed by atoms with Gasteiger partial charge in [0.2, 0.25) is 0 Å². The standard InChI is InChI=1S/C19H17NO6S/c1-3-12-26-18-10-5-15(14-19(18)25-4-2)11-13-27(23,24)17-8-6-16(7-9-17)20(21)22/h1,5-11,13-14H,4,12H2,2H3/b13-11+. The second-order valence-corrected chi connectivity index (χ2v) is 7.06. The van der Waals surface area contributed by atoms with Gasteiger partial charge >= 0.3 is 0 Å². The van der Waals surface area contributed by atoms with Gasteiger partial charge in [0.05, 0.1) is 16.4 Å². The number of non-ortho nitro benzene ring substituents is 1. The van der Waals surface area contributed by atoms with Crippen LogP contribution in [0.4, 0.5) is 5.69 Å². The smallest absolute Gasteiger partial charge is 0.269 e. The van der Waals surface area contributed by atoms with Crippen LogP contribution in [0, 0.1) is 22.5 Å². The first-order valence-electron chi connectivity index (χ1n) is 7.88.